The first-order chi connectivity index (χ1) is 27.1. The Hall–Kier alpha value is -4.88. The van der Waals surface area contributed by atoms with E-state index >= 15 is 0 Å². The van der Waals surface area contributed by atoms with Gasteiger partial charge in [0.15, 0.2) is 11.5 Å². The first-order valence-corrected chi connectivity index (χ1v) is 19.6. The Bertz CT molecular complexity index is 2140. The van der Waals surface area contributed by atoms with Gasteiger partial charge >= 0.3 is 5.97 Å². The van der Waals surface area contributed by atoms with Crippen molar-refractivity contribution in [1.82, 2.24) is 5.32 Å². The van der Waals surface area contributed by atoms with E-state index in [9.17, 15) is 9.59 Å². The summed E-state index contributed by atoms with van der Waals surface area (Å²) >= 11 is 10.1. The van der Waals surface area contributed by atoms with Gasteiger partial charge in [0.25, 0.3) is 0 Å². The maximum absolute atomic E-state index is 10.3. The van der Waals surface area contributed by atoms with E-state index in [2.05, 4.69) is 95.6 Å². The highest BCUT2D eigenvalue weighted by Gasteiger charge is 2.21. The summed E-state index contributed by atoms with van der Waals surface area (Å²) in [5.74, 6) is 2.86. The molecule has 12 heteroatoms. The van der Waals surface area contributed by atoms with Gasteiger partial charge in [0.2, 0.25) is 0 Å². The minimum absolute atomic E-state index is 0.113. The van der Waals surface area contributed by atoms with Crippen molar-refractivity contribution in [2.75, 3.05) is 35.0 Å². The van der Waals surface area contributed by atoms with Crippen molar-refractivity contribution in [3.63, 3.8) is 0 Å². The van der Waals surface area contributed by atoms with Crippen LogP contribution in [0, 0.1) is 0 Å². The molecule has 6 rings (SSSR count). The van der Waals surface area contributed by atoms with Crippen LogP contribution in [0.25, 0.3) is 12.2 Å². The number of carbonyl (C=O) groups is 2. The van der Waals surface area contributed by atoms with Gasteiger partial charge in [-0.3, -0.25) is 4.79 Å². The molecule has 5 aromatic rings. The van der Waals surface area contributed by atoms with Crippen LogP contribution >= 0.6 is 47.8 Å². The summed E-state index contributed by atoms with van der Waals surface area (Å²) in [4.78, 5) is 20.6. The fourth-order valence-corrected chi connectivity index (χ4v) is 7.15. The number of carbonyl (C=O) groups excluding carboxylic acids is 1. The minimum Gasteiger partial charge on any atom is -0.496 e. The monoisotopic (exact) mass is 949 g/mol. The van der Waals surface area contributed by atoms with Crippen LogP contribution in [0.5, 0.6) is 28.7 Å². The second-order valence-corrected chi connectivity index (χ2v) is 14.6. The summed E-state index contributed by atoms with van der Waals surface area (Å²) in [6, 6.07) is 31.1. The molecule has 0 spiro atoms. The van der Waals surface area contributed by atoms with Gasteiger partial charge in [0.1, 0.15) is 30.1 Å². The molecule has 0 saturated carbocycles. The van der Waals surface area contributed by atoms with Crippen LogP contribution in [0.1, 0.15) is 44.2 Å². The first kappa shape index (κ1) is 43.8. The highest BCUT2D eigenvalue weighted by molar-refractivity contribution is 9.11. The quantitative estimate of drug-likeness (QED) is 0.0932. The summed E-state index contributed by atoms with van der Waals surface area (Å²) in [6.45, 7) is 1.43. The van der Waals surface area contributed by atoms with Gasteiger partial charge in [-0.05, 0) is 143 Å². The molecule has 0 amide bonds. The second kappa shape index (κ2) is 22.6. The summed E-state index contributed by atoms with van der Waals surface area (Å²) in [7, 11) is 6.52. The number of hydrogen-bond donors (Lipinski definition) is 2. The molecule has 5 aromatic carbocycles. The van der Waals surface area contributed by atoms with E-state index in [4.69, 9.17) is 28.8 Å². The number of aldehydes is 1. The average molecular weight is 953 g/mol. The van der Waals surface area contributed by atoms with Gasteiger partial charge in [-0.25, -0.2) is 4.79 Å². The van der Waals surface area contributed by atoms with Gasteiger partial charge in [0, 0.05) is 18.2 Å². The van der Waals surface area contributed by atoms with Crippen LogP contribution in [-0.2, 0) is 17.8 Å². The number of nitrogens with one attached hydrogen (secondary N) is 1. The van der Waals surface area contributed by atoms with Crippen LogP contribution < -0.4 is 29.0 Å². The van der Waals surface area contributed by atoms with E-state index in [1.807, 2.05) is 30.3 Å². The molecule has 0 radical (unpaired) electrons. The number of ether oxygens (including phenoxy) is 5. The number of hydrogen-bond acceptors (Lipinski definition) is 8. The molecule has 0 bridgehead atoms. The first-order valence-electron chi connectivity index (χ1n) is 17.2. The summed E-state index contributed by atoms with van der Waals surface area (Å²) in [5.41, 5.74) is 6.19. The lowest BCUT2D eigenvalue weighted by molar-refractivity contribution is -0.131. The van der Waals surface area contributed by atoms with Crippen molar-refractivity contribution in [2.24, 2.45) is 0 Å². The van der Waals surface area contributed by atoms with Crippen molar-refractivity contribution in [3.8, 4) is 28.7 Å². The van der Waals surface area contributed by atoms with Crippen LogP contribution in [0.2, 0.25) is 0 Å². The highest BCUT2D eigenvalue weighted by Crippen LogP contribution is 2.37. The van der Waals surface area contributed by atoms with Crippen LogP contribution in [0.4, 0.5) is 0 Å². The van der Waals surface area contributed by atoms with Gasteiger partial charge in [-0.1, -0.05) is 54.6 Å². The zero-order valence-corrected chi connectivity index (χ0v) is 36.0. The lowest BCUT2D eigenvalue weighted by Crippen LogP contribution is -2.28. The number of methoxy groups -OCH3 is 4. The molecule has 56 heavy (non-hydrogen) atoms. The summed E-state index contributed by atoms with van der Waals surface area (Å²) < 4.78 is 29.6. The predicted octanol–water partition coefficient (Wildman–Crippen LogP) is 10.8. The third-order valence-electron chi connectivity index (χ3n) is 8.32. The van der Waals surface area contributed by atoms with Crippen LogP contribution in [0.3, 0.4) is 0 Å². The Morgan fingerprint density at radius 3 is 1.75 bits per heavy atom. The molecule has 0 aromatic heterocycles. The molecule has 1 atom stereocenters. The topological polar surface area (TPSA) is 113 Å². The molecule has 0 saturated heterocycles. The fourth-order valence-electron chi connectivity index (χ4n) is 5.48. The SMILES string of the molecule is COc1ccc(/C=C/C(=O)O)cc1Br.COc1ccc(/C=C/C2NCCc3cc(OCc4ccccc4)c(OC)cc32)cc1Br.COc1ccc(C=O)cc1Br. The third-order valence-corrected chi connectivity index (χ3v) is 10.2. The fraction of sp³-hybridized carbons (Fsp3) is 0.182. The van der Waals surface area contributed by atoms with Crippen molar-refractivity contribution in [2.45, 2.75) is 19.1 Å². The van der Waals surface area contributed by atoms with Gasteiger partial charge < -0.3 is 34.1 Å². The van der Waals surface area contributed by atoms with E-state index in [1.165, 1.54) is 17.2 Å². The Morgan fingerprint density at radius 1 is 0.696 bits per heavy atom. The van der Waals surface area contributed by atoms with Crippen molar-refractivity contribution in [1.29, 1.82) is 0 Å². The van der Waals surface area contributed by atoms with E-state index in [0.29, 0.717) is 12.2 Å². The van der Waals surface area contributed by atoms with Crippen molar-refractivity contribution < 1.29 is 38.4 Å². The molecule has 0 fully saturated rings. The van der Waals surface area contributed by atoms with Crippen molar-refractivity contribution in [3.05, 3.63) is 156 Å². The molecule has 292 valence electrons. The Morgan fingerprint density at radius 2 is 1.23 bits per heavy atom. The number of carboxylic acids is 1. The molecule has 1 heterocycles. The Labute approximate surface area is 352 Å². The van der Waals surface area contributed by atoms with E-state index < -0.39 is 5.97 Å². The molecule has 1 unspecified atom stereocenters. The molecular formula is C44H42Br3NO8. The highest BCUT2D eigenvalue weighted by atomic mass is 79.9. The van der Waals surface area contributed by atoms with E-state index in [1.54, 1.807) is 64.8 Å². The standard InChI is InChI=1S/C26H26BrNO3.C10H9BrO3.C8H7BrO2/c1-29-24-11-9-18(14-22(24)27)8-10-23-21-16-25(30-2)26(15-20(21)12-13-28-23)31-17-19-6-4-3-5-7-19;1-14-9-4-2-7(6-8(9)11)3-5-10(12)13;1-11-8-3-2-6(5-10)4-7(8)9/h3-11,14-16,23,28H,12-13,17H2,1-2H3;2-6H,1H3,(H,12,13);2-5H,1H3/b10-8+;5-3+;. The molecule has 1 aliphatic heterocycles. The Kier molecular flexibility index (Phi) is 17.7. The lowest BCUT2D eigenvalue weighted by Gasteiger charge is -2.26. The zero-order valence-electron chi connectivity index (χ0n) is 31.3. The molecule has 2 N–H and O–H groups in total. The van der Waals surface area contributed by atoms with Crippen LogP contribution in [-0.4, -0.2) is 52.3 Å². The molecule has 1 aliphatic rings. The maximum atomic E-state index is 10.3. The van der Waals surface area contributed by atoms with Crippen molar-refractivity contribution >= 4 is 72.2 Å². The number of benzene rings is 5. The Balaban J connectivity index is 0.000000229. The normalized spacial score (nSPS) is 13.0. The second-order valence-electron chi connectivity index (χ2n) is 12.0. The van der Waals surface area contributed by atoms with E-state index in [-0.39, 0.29) is 6.04 Å². The number of halogens is 3. The third kappa shape index (κ3) is 13.1. The number of aliphatic carboxylic acids is 1. The van der Waals surface area contributed by atoms with E-state index in [0.717, 1.165) is 84.2 Å². The maximum Gasteiger partial charge on any atom is 0.328 e. The number of fused-ring (bicyclic) bond motifs is 1. The van der Waals surface area contributed by atoms with Gasteiger partial charge in [-0.2, -0.15) is 0 Å². The predicted molar refractivity (Wildman–Crippen MR) is 231 cm³/mol. The van der Waals surface area contributed by atoms with Gasteiger partial charge in [0.05, 0.1) is 47.9 Å². The summed E-state index contributed by atoms with van der Waals surface area (Å²) in [5, 5.41) is 12.0. The average Bonchev–Trinajstić information content (AvgIpc) is 3.21. The number of carboxylic acid groups (broad SMARTS) is 1. The van der Waals surface area contributed by atoms with Crippen LogP contribution in [0.15, 0.2) is 123 Å². The zero-order chi connectivity index (χ0) is 40.5. The summed E-state index contributed by atoms with van der Waals surface area (Å²) in [6.07, 6.45) is 8.68. The number of rotatable bonds is 12. The molecule has 0 aliphatic carbocycles. The largest absolute Gasteiger partial charge is 0.496 e. The smallest absolute Gasteiger partial charge is 0.328 e. The minimum atomic E-state index is -0.961. The van der Waals surface area contributed by atoms with Gasteiger partial charge in [-0.15, -0.1) is 0 Å². The molecule has 9 nitrogen and oxygen atoms in total. The lowest BCUT2D eigenvalue weighted by atomic mass is 9.93. The molecular weight excluding hydrogens is 910 g/mol.